The highest BCUT2D eigenvalue weighted by atomic mass is 32.1. The normalized spacial score (nSPS) is 19.1. The first kappa shape index (κ1) is 33.1. The van der Waals surface area contributed by atoms with E-state index in [1.807, 2.05) is 44.2 Å². The van der Waals surface area contributed by atoms with Gasteiger partial charge in [-0.05, 0) is 31.2 Å². The van der Waals surface area contributed by atoms with Gasteiger partial charge in [-0.3, -0.25) is 28.8 Å². The molecule has 0 saturated heterocycles. The average Bonchev–Trinajstić information content (AvgIpc) is 3.90. The number of rotatable bonds is 6. The number of aromatic amines is 1. The van der Waals surface area contributed by atoms with E-state index >= 15 is 0 Å². The molecule has 49 heavy (non-hydrogen) atoms. The maximum Gasteiger partial charge on any atom is 0.291 e. The number of H-pyrrole nitrogens is 1. The van der Waals surface area contributed by atoms with Gasteiger partial charge >= 0.3 is 0 Å². The maximum atomic E-state index is 14.0. The molecule has 18 heteroatoms. The number of oxazole rings is 1. The van der Waals surface area contributed by atoms with Crippen LogP contribution in [0.4, 0.5) is 0 Å². The van der Waals surface area contributed by atoms with Crippen molar-refractivity contribution in [1.82, 2.24) is 60.8 Å². The Morgan fingerprint density at radius 2 is 1.76 bits per heavy atom. The summed E-state index contributed by atoms with van der Waals surface area (Å²) < 4.78 is 6.98. The zero-order valence-electron chi connectivity index (χ0n) is 26.9. The number of nitrogens with one attached hydrogen (secondary N) is 4. The molecule has 1 aliphatic heterocycles. The highest BCUT2D eigenvalue weighted by Crippen LogP contribution is 2.24. The fraction of sp³-hybridized carbons (Fsp3) is 0.355. The summed E-state index contributed by atoms with van der Waals surface area (Å²) in [5.74, 6) is -1.87. The van der Waals surface area contributed by atoms with Gasteiger partial charge in [-0.1, -0.05) is 44.2 Å². The van der Waals surface area contributed by atoms with Gasteiger partial charge in [-0.15, -0.1) is 26.6 Å². The Morgan fingerprint density at radius 3 is 2.51 bits per heavy atom. The molecule has 6 rings (SSSR count). The largest absolute Gasteiger partial charge is 0.446 e. The Hall–Kier alpha value is -5.78. The lowest BCUT2D eigenvalue weighted by atomic mass is 10.0. The van der Waals surface area contributed by atoms with Crippen molar-refractivity contribution in [1.29, 1.82) is 0 Å². The molecule has 0 aliphatic carbocycles. The van der Waals surface area contributed by atoms with Crippen molar-refractivity contribution in [3.05, 3.63) is 88.3 Å². The smallest absolute Gasteiger partial charge is 0.291 e. The van der Waals surface area contributed by atoms with Gasteiger partial charge in [0.1, 0.15) is 42.2 Å². The molecule has 0 saturated carbocycles. The minimum Gasteiger partial charge on any atom is -0.446 e. The number of hydrogen-bond acceptors (Lipinski definition) is 12. The molecule has 4 bridgehead atoms. The molecule has 0 fully saturated rings. The number of benzene rings is 1. The molecule has 4 aromatic heterocycles. The third kappa shape index (κ3) is 8.03. The molecule has 17 nitrogen and oxygen atoms in total. The van der Waals surface area contributed by atoms with Crippen LogP contribution < -0.4 is 16.0 Å². The Balaban J connectivity index is 1.36. The lowest BCUT2D eigenvalue weighted by Crippen LogP contribution is -2.50. The number of carbonyl (C=O) groups excluding carboxylic acids is 4. The molecule has 1 aromatic carbocycles. The molecule has 254 valence electrons. The zero-order chi connectivity index (χ0) is 34.5. The molecular weight excluding hydrogens is 652 g/mol. The van der Waals surface area contributed by atoms with Crippen molar-refractivity contribution in [2.75, 3.05) is 13.1 Å². The summed E-state index contributed by atoms with van der Waals surface area (Å²) >= 11 is 1.23. The summed E-state index contributed by atoms with van der Waals surface area (Å²) in [6, 6.07) is 7.64. The number of amides is 4. The number of nitrogens with zero attached hydrogens (tertiary/aromatic N) is 8. The average molecular weight is 687 g/mol. The summed E-state index contributed by atoms with van der Waals surface area (Å²) in [4.78, 5) is 68.8. The van der Waals surface area contributed by atoms with Crippen LogP contribution in [0.2, 0.25) is 0 Å². The van der Waals surface area contributed by atoms with Crippen molar-refractivity contribution in [2.45, 2.75) is 51.7 Å². The molecule has 1 aliphatic rings. The minimum absolute atomic E-state index is 0.00453. The highest BCUT2D eigenvalue weighted by Gasteiger charge is 2.30. The topological polar surface area (TPSA) is 219 Å². The maximum absolute atomic E-state index is 14.0. The van der Waals surface area contributed by atoms with Crippen LogP contribution in [-0.4, -0.2) is 87.6 Å². The van der Waals surface area contributed by atoms with E-state index in [4.69, 9.17) is 4.42 Å². The molecule has 5 aromatic rings. The van der Waals surface area contributed by atoms with E-state index in [-0.39, 0.29) is 48.1 Å². The predicted molar refractivity (Wildman–Crippen MR) is 173 cm³/mol. The first-order chi connectivity index (χ1) is 23.6. The second-order valence-electron chi connectivity index (χ2n) is 12.0. The van der Waals surface area contributed by atoms with Crippen LogP contribution in [0.1, 0.15) is 87.3 Å². The summed E-state index contributed by atoms with van der Waals surface area (Å²) in [5.41, 5.74) is 1.07. The van der Waals surface area contributed by atoms with E-state index in [1.54, 1.807) is 12.3 Å². The van der Waals surface area contributed by atoms with Gasteiger partial charge in [0.2, 0.25) is 17.6 Å². The zero-order valence-corrected chi connectivity index (χ0v) is 27.7. The molecule has 0 spiro atoms. The van der Waals surface area contributed by atoms with Crippen LogP contribution >= 0.6 is 11.3 Å². The third-order valence-corrected chi connectivity index (χ3v) is 8.58. The fourth-order valence-corrected chi connectivity index (χ4v) is 6.20. The first-order valence-electron chi connectivity index (χ1n) is 15.6. The molecule has 4 N–H and O–H groups in total. The van der Waals surface area contributed by atoms with Crippen molar-refractivity contribution in [2.24, 2.45) is 5.92 Å². The van der Waals surface area contributed by atoms with Crippen LogP contribution in [0.3, 0.4) is 0 Å². The second-order valence-corrected chi connectivity index (χ2v) is 12.9. The minimum atomic E-state index is -0.678. The SMILES string of the molecule is CC(C)C[C@@H]1CN(C(=O)c2nc(-n3cnnc3)n[nH]2)CC(=O)N[C@H](Cc2ccccc2)c2nc(cs2)C(=O)N[C@H](C)c2nc(co2)C(=O)N1. The second kappa shape index (κ2) is 14.5. The molecule has 0 unspecified atom stereocenters. The summed E-state index contributed by atoms with van der Waals surface area (Å²) in [5, 5.41) is 25.1. The Bertz CT molecular complexity index is 1920. The predicted octanol–water partition coefficient (Wildman–Crippen LogP) is 2.02. The van der Waals surface area contributed by atoms with Crippen LogP contribution in [0.5, 0.6) is 0 Å². The van der Waals surface area contributed by atoms with Gasteiger partial charge in [0, 0.05) is 18.0 Å². The van der Waals surface area contributed by atoms with Gasteiger partial charge in [0.05, 0.1) is 6.04 Å². The van der Waals surface area contributed by atoms with Gasteiger partial charge in [-0.25, -0.2) is 9.97 Å². The van der Waals surface area contributed by atoms with Crippen LogP contribution in [0.25, 0.3) is 5.95 Å². The third-order valence-electron chi connectivity index (χ3n) is 7.62. The Morgan fingerprint density at radius 1 is 1.00 bits per heavy atom. The van der Waals surface area contributed by atoms with Gasteiger partial charge < -0.3 is 25.3 Å². The lowest BCUT2D eigenvalue weighted by Gasteiger charge is -2.29. The van der Waals surface area contributed by atoms with E-state index in [0.29, 0.717) is 17.8 Å². The van der Waals surface area contributed by atoms with E-state index in [2.05, 4.69) is 51.3 Å². The standard InChI is InChI=1S/C31H34N12O5S/c1-17(2)9-20-11-42(30(47)25-39-31(41-40-25)43-15-32-33-16-43)12-24(44)36-21(10-19-7-5-4-6-8-19)29-38-23(14-49-29)27(46)34-18(3)28-37-22(13-48-28)26(45)35-20/h4-8,13-18,20-21H,9-12H2,1-3H3,(H,34,46)(H,35,45)(H,36,44)(H,39,40,41)/t18-,20-,21-/m1/s1. The van der Waals surface area contributed by atoms with Crippen LogP contribution in [0.15, 0.2) is 59.0 Å². The number of aromatic nitrogens is 8. The quantitative estimate of drug-likeness (QED) is 0.202. The summed E-state index contributed by atoms with van der Waals surface area (Å²) in [6.07, 6.45) is 4.82. The molecular formula is C31H34N12O5S. The highest BCUT2D eigenvalue weighted by molar-refractivity contribution is 7.09. The van der Waals surface area contributed by atoms with Crippen LogP contribution in [0, 0.1) is 5.92 Å². The number of carbonyl (C=O) groups is 4. The van der Waals surface area contributed by atoms with Gasteiger partial charge in [0.15, 0.2) is 5.69 Å². The Labute approximate surface area is 284 Å². The Kier molecular flexibility index (Phi) is 9.84. The van der Waals surface area contributed by atoms with Crippen molar-refractivity contribution < 1.29 is 23.6 Å². The fourth-order valence-electron chi connectivity index (χ4n) is 5.35. The van der Waals surface area contributed by atoms with Gasteiger partial charge in [0.25, 0.3) is 23.7 Å². The van der Waals surface area contributed by atoms with E-state index in [9.17, 15) is 19.2 Å². The number of fused-ring (bicyclic) bond motifs is 4. The van der Waals surface area contributed by atoms with E-state index < -0.39 is 41.8 Å². The first-order valence-corrected chi connectivity index (χ1v) is 16.4. The monoisotopic (exact) mass is 686 g/mol. The lowest BCUT2D eigenvalue weighted by molar-refractivity contribution is -0.122. The van der Waals surface area contributed by atoms with Crippen molar-refractivity contribution >= 4 is 35.0 Å². The summed E-state index contributed by atoms with van der Waals surface area (Å²) in [6.45, 7) is 5.21. The molecule has 0 radical (unpaired) electrons. The number of thiazole rings is 1. The van der Waals surface area contributed by atoms with Crippen molar-refractivity contribution in [3.8, 4) is 5.95 Å². The molecule has 4 amide bonds. The van der Waals surface area contributed by atoms with E-state index in [1.165, 1.54) is 39.7 Å². The number of hydrogen-bond donors (Lipinski definition) is 4. The van der Waals surface area contributed by atoms with Crippen molar-refractivity contribution in [3.63, 3.8) is 0 Å². The molecule has 3 atom stereocenters. The van der Waals surface area contributed by atoms with E-state index in [0.717, 1.165) is 5.56 Å². The van der Waals surface area contributed by atoms with Gasteiger partial charge in [-0.2, -0.15) is 4.98 Å². The molecule has 5 heterocycles. The van der Waals surface area contributed by atoms with Crippen LogP contribution in [-0.2, 0) is 11.2 Å². The summed E-state index contributed by atoms with van der Waals surface area (Å²) in [7, 11) is 0.